The van der Waals surface area contributed by atoms with Gasteiger partial charge in [-0.05, 0) is 12.1 Å². The largest absolute Gasteiger partial charge is 0.434 e. The number of aliphatic hydroxyl groups excluding tert-OH is 1. The van der Waals surface area contributed by atoms with Crippen molar-refractivity contribution in [2.45, 2.75) is 6.61 Å². The summed E-state index contributed by atoms with van der Waals surface area (Å²) in [5.41, 5.74) is 0.509. The van der Waals surface area contributed by atoms with Gasteiger partial charge in [-0.2, -0.15) is 4.98 Å². The number of hydrogen-bond acceptors (Lipinski definition) is 4. The fourth-order valence-corrected chi connectivity index (χ4v) is 2.39. The third-order valence-electron chi connectivity index (χ3n) is 2.52. The molecule has 18 heavy (non-hydrogen) atoms. The molecule has 1 N–H and O–H groups in total. The van der Waals surface area contributed by atoms with Crippen molar-refractivity contribution in [1.82, 2.24) is 9.38 Å². The molecule has 0 saturated carbocycles. The minimum Gasteiger partial charge on any atom is -0.434 e. The molecule has 6 heteroatoms. The molecule has 0 atom stereocenters. The van der Waals surface area contributed by atoms with E-state index < -0.39 is 5.82 Å². The molecule has 2 aromatic heterocycles. The Bertz CT molecular complexity index is 692. The number of aliphatic hydroxyl groups is 1. The number of para-hydroxylation sites is 1. The molecular weight excluding hydrogens is 255 g/mol. The number of thiazole rings is 1. The Kier molecular flexibility index (Phi) is 2.73. The number of hydrogen-bond donors (Lipinski definition) is 1. The lowest BCUT2D eigenvalue weighted by Crippen LogP contribution is -1.94. The number of ether oxygens (including phenoxy) is 1. The van der Waals surface area contributed by atoms with E-state index in [0.29, 0.717) is 10.7 Å². The van der Waals surface area contributed by atoms with Crippen molar-refractivity contribution in [3.63, 3.8) is 0 Å². The lowest BCUT2D eigenvalue weighted by Gasteiger charge is -2.04. The summed E-state index contributed by atoms with van der Waals surface area (Å²) < 4.78 is 20.6. The van der Waals surface area contributed by atoms with Gasteiger partial charge in [0.15, 0.2) is 16.5 Å². The number of nitrogens with zero attached hydrogens (tertiary/aromatic N) is 2. The molecule has 0 aliphatic rings. The summed E-state index contributed by atoms with van der Waals surface area (Å²) in [6.07, 6.45) is 1.78. The van der Waals surface area contributed by atoms with Crippen LogP contribution in [-0.4, -0.2) is 14.5 Å². The van der Waals surface area contributed by atoms with Gasteiger partial charge in [-0.3, -0.25) is 4.40 Å². The second kappa shape index (κ2) is 4.40. The van der Waals surface area contributed by atoms with Crippen molar-refractivity contribution >= 4 is 16.3 Å². The molecule has 0 spiro atoms. The Morgan fingerprint density at radius 2 is 2.22 bits per heavy atom. The summed E-state index contributed by atoms with van der Waals surface area (Å²) in [6.45, 7) is -0.221. The van der Waals surface area contributed by atoms with E-state index in [9.17, 15) is 9.50 Å². The summed E-state index contributed by atoms with van der Waals surface area (Å²) in [6, 6.07) is 6.09. The molecule has 0 amide bonds. The molecule has 3 aromatic rings. The highest BCUT2D eigenvalue weighted by atomic mass is 32.1. The standard InChI is InChI=1S/C12H9FN2O2S/c13-8-3-1-2-4-10(8)17-11-9(7-16)15-5-6-18-12(15)14-11/h1-6,16H,7H2. The molecule has 0 saturated heterocycles. The van der Waals surface area contributed by atoms with Crippen LogP contribution in [0.5, 0.6) is 11.6 Å². The van der Waals surface area contributed by atoms with E-state index in [4.69, 9.17) is 4.74 Å². The quantitative estimate of drug-likeness (QED) is 0.791. The second-order valence-electron chi connectivity index (χ2n) is 3.61. The lowest BCUT2D eigenvalue weighted by atomic mass is 10.3. The predicted octanol–water partition coefficient (Wildman–Crippen LogP) is 2.82. The number of halogens is 1. The van der Waals surface area contributed by atoms with Gasteiger partial charge in [0.1, 0.15) is 5.69 Å². The number of fused-ring (bicyclic) bond motifs is 1. The zero-order valence-corrected chi connectivity index (χ0v) is 10.0. The van der Waals surface area contributed by atoms with Gasteiger partial charge in [0.2, 0.25) is 5.88 Å². The van der Waals surface area contributed by atoms with E-state index in [2.05, 4.69) is 4.98 Å². The Balaban J connectivity index is 2.04. The minimum absolute atomic E-state index is 0.0953. The third-order valence-corrected chi connectivity index (χ3v) is 3.27. The van der Waals surface area contributed by atoms with E-state index in [1.807, 2.05) is 5.38 Å². The number of rotatable bonds is 3. The van der Waals surface area contributed by atoms with Crippen molar-refractivity contribution in [2.75, 3.05) is 0 Å². The second-order valence-corrected chi connectivity index (χ2v) is 4.48. The van der Waals surface area contributed by atoms with Crippen LogP contribution in [0, 0.1) is 5.82 Å². The van der Waals surface area contributed by atoms with Crippen LogP contribution in [0.4, 0.5) is 4.39 Å². The smallest absolute Gasteiger partial charge is 0.244 e. The first-order valence-corrected chi connectivity index (χ1v) is 6.15. The van der Waals surface area contributed by atoms with Crippen molar-refractivity contribution in [1.29, 1.82) is 0 Å². The average molecular weight is 264 g/mol. The maximum atomic E-state index is 13.5. The SMILES string of the molecule is OCc1c(Oc2ccccc2F)nc2sccn12. The monoisotopic (exact) mass is 264 g/mol. The van der Waals surface area contributed by atoms with Crippen molar-refractivity contribution in [2.24, 2.45) is 0 Å². The molecule has 0 fully saturated rings. The van der Waals surface area contributed by atoms with Crippen LogP contribution in [0.1, 0.15) is 5.69 Å². The van der Waals surface area contributed by atoms with E-state index in [1.54, 1.807) is 22.7 Å². The number of imidazole rings is 1. The van der Waals surface area contributed by atoms with Crippen molar-refractivity contribution in [3.05, 3.63) is 47.4 Å². The topological polar surface area (TPSA) is 46.8 Å². The minimum atomic E-state index is -0.460. The fraction of sp³-hybridized carbons (Fsp3) is 0.0833. The summed E-state index contributed by atoms with van der Waals surface area (Å²) in [4.78, 5) is 4.91. The highest BCUT2D eigenvalue weighted by Gasteiger charge is 2.15. The van der Waals surface area contributed by atoms with E-state index in [1.165, 1.54) is 23.5 Å². The Hall–Kier alpha value is -1.92. The van der Waals surface area contributed by atoms with E-state index in [0.717, 1.165) is 0 Å². The molecule has 0 aliphatic heterocycles. The first-order chi connectivity index (χ1) is 8.79. The van der Waals surface area contributed by atoms with Crippen LogP contribution in [0.25, 0.3) is 4.96 Å². The van der Waals surface area contributed by atoms with Gasteiger partial charge in [-0.1, -0.05) is 12.1 Å². The van der Waals surface area contributed by atoms with Gasteiger partial charge < -0.3 is 9.84 Å². The zero-order chi connectivity index (χ0) is 12.5. The lowest BCUT2D eigenvalue weighted by molar-refractivity contribution is 0.269. The number of aromatic nitrogens is 2. The Morgan fingerprint density at radius 3 is 3.00 bits per heavy atom. The number of benzene rings is 1. The molecule has 4 nitrogen and oxygen atoms in total. The van der Waals surface area contributed by atoms with Gasteiger partial charge in [0.25, 0.3) is 0 Å². The van der Waals surface area contributed by atoms with Gasteiger partial charge in [0, 0.05) is 11.6 Å². The van der Waals surface area contributed by atoms with Gasteiger partial charge in [-0.15, -0.1) is 11.3 Å². The molecule has 0 radical (unpaired) electrons. The van der Waals surface area contributed by atoms with Gasteiger partial charge in [0.05, 0.1) is 6.61 Å². The van der Waals surface area contributed by atoms with Crippen LogP contribution in [-0.2, 0) is 6.61 Å². The first-order valence-electron chi connectivity index (χ1n) is 5.27. The first kappa shape index (κ1) is 11.2. The molecule has 0 bridgehead atoms. The zero-order valence-electron chi connectivity index (χ0n) is 9.21. The van der Waals surface area contributed by atoms with E-state index >= 15 is 0 Å². The van der Waals surface area contributed by atoms with Crippen LogP contribution >= 0.6 is 11.3 Å². The maximum absolute atomic E-state index is 13.5. The normalized spacial score (nSPS) is 11.0. The summed E-state index contributed by atoms with van der Waals surface area (Å²) in [5.74, 6) is -0.134. The molecule has 2 heterocycles. The molecular formula is C12H9FN2O2S. The molecule has 1 aromatic carbocycles. The van der Waals surface area contributed by atoms with Gasteiger partial charge in [-0.25, -0.2) is 4.39 Å². The average Bonchev–Trinajstić information content (AvgIpc) is 2.92. The van der Waals surface area contributed by atoms with E-state index in [-0.39, 0.29) is 18.2 Å². The molecule has 92 valence electrons. The predicted molar refractivity (Wildman–Crippen MR) is 65.5 cm³/mol. The summed E-state index contributed by atoms with van der Waals surface area (Å²) in [5, 5.41) is 11.2. The molecule has 0 aliphatic carbocycles. The summed E-state index contributed by atoms with van der Waals surface area (Å²) in [7, 11) is 0. The van der Waals surface area contributed by atoms with Crippen molar-refractivity contribution < 1.29 is 14.2 Å². The highest BCUT2D eigenvalue weighted by Crippen LogP contribution is 2.29. The fourth-order valence-electron chi connectivity index (χ4n) is 1.67. The van der Waals surface area contributed by atoms with Crippen LogP contribution in [0.15, 0.2) is 35.8 Å². The maximum Gasteiger partial charge on any atom is 0.244 e. The molecule has 3 rings (SSSR count). The van der Waals surface area contributed by atoms with Crippen LogP contribution in [0.3, 0.4) is 0 Å². The van der Waals surface area contributed by atoms with Crippen LogP contribution in [0.2, 0.25) is 0 Å². The summed E-state index contributed by atoms with van der Waals surface area (Å²) >= 11 is 1.42. The Labute approximate surface area is 106 Å². The van der Waals surface area contributed by atoms with Crippen molar-refractivity contribution in [3.8, 4) is 11.6 Å². The third kappa shape index (κ3) is 1.75. The van der Waals surface area contributed by atoms with Gasteiger partial charge >= 0.3 is 0 Å². The Morgan fingerprint density at radius 1 is 1.39 bits per heavy atom. The highest BCUT2D eigenvalue weighted by molar-refractivity contribution is 7.15. The van der Waals surface area contributed by atoms with Crippen LogP contribution < -0.4 is 4.74 Å². The molecule has 0 unspecified atom stereocenters.